The maximum atomic E-state index is 12.6. The van der Waals surface area contributed by atoms with E-state index in [9.17, 15) is 28.0 Å². The lowest BCUT2D eigenvalue weighted by Crippen LogP contribution is -2.50. The third kappa shape index (κ3) is 38.6. The van der Waals surface area contributed by atoms with Crippen molar-refractivity contribution in [1.82, 2.24) is 5.32 Å². The van der Waals surface area contributed by atoms with Crippen molar-refractivity contribution in [1.29, 1.82) is 0 Å². The van der Waals surface area contributed by atoms with E-state index in [0.717, 1.165) is 38.5 Å². The van der Waals surface area contributed by atoms with E-state index in [1.165, 1.54) is 154 Å². The van der Waals surface area contributed by atoms with Gasteiger partial charge in [0.05, 0.1) is 17.9 Å². The molecule has 0 rings (SSSR count). The second kappa shape index (κ2) is 38.8. The summed E-state index contributed by atoms with van der Waals surface area (Å²) < 4.78 is 32.5. The molecule has 0 aromatic heterocycles. The normalized spacial score (nSPS) is 14.1. The molecule has 3 unspecified atom stereocenters. The van der Waals surface area contributed by atoms with Gasteiger partial charge in [-0.05, 0) is 57.8 Å². The Kier molecular flexibility index (Phi) is 37.7. The quantitative estimate of drug-likeness (QED) is 0.0280. The number of hydrogen-bond donors (Lipinski definition) is 4. The number of amides is 1. The van der Waals surface area contributed by atoms with Gasteiger partial charge >= 0.3 is 0 Å². The molecule has 0 bridgehead atoms. The molecule has 0 saturated heterocycles. The largest absolute Gasteiger partial charge is 0.387 e. The van der Waals surface area contributed by atoms with Gasteiger partial charge in [-0.15, -0.1) is 0 Å². The molecule has 0 aromatic carbocycles. The first-order chi connectivity index (χ1) is 25.7. The molecule has 3 atom stereocenters. The molecule has 0 fully saturated rings. The molecule has 8 heteroatoms. The standard InChI is InChI=1S/C45H85NO6S/c1-3-5-7-9-11-13-15-17-19-20-21-22-23-24-26-28-30-32-34-36-38-40-44(48)45(49)46-42(41-53(50,51)52)43(47)39-37-35-33-31-29-27-25-18-16-14-12-10-8-6-4-2/h23-24,29,31,37,39,42-44,47-48H,3-22,25-28,30,32-36,38,40-41H2,1-2H3,(H,46,49)(H,50,51,52)/b24-23-,31-29+,39-37+. The van der Waals surface area contributed by atoms with Gasteiger partial charge in [-0.3, -0.25) is 9.35 Å². The van der Waals surface area contributed by atoms with E-state index in [4.69, 9.17) is 0 Å². The van der Waals surface area contributed by atoms with E-state index in [1.807, 2.05) is 0 Å². The fraction of sp³-hybridized carbons (Fsp3) is 0.844. The first kappa shape index (κ1) is 51.5. The molecule has 0 saturated carbocycles. The van der Waals surface area contributed by atoms with E-state index in [-0.39, 0.29) is 6.42 Å². The highest BCUT2D eigenvalue weighted by atomic mass is 32.2. The Morgan fingerprint density at radius 1 is 0.509 bits per heavy atom. The Bertz CT molecular complexity index is 995. The van der Waals surface area contributed by atoms with Gasteiger partial charge in [-0.2, -0.15) is 8.42 Å². The number of aliphatic hydroxyl groups is 2. The van der Waals surface area contributed by atoms with Crippen LogP contribution >= 0.6 is 0 Å². The number of aliphatic hydroxyl groups excluding tert-OH is 2. The molecule has 0 aliphatic heterocycles. The van der Waals surface area contributed by atoms with Crippen LogP contribution in [-0.4, -0.2) is 53.1 Å². The van der Waals surface area contributed by atoms with Crippen LogP contribution in [-0.2, 0) is 14.9 Å². The van der Waals surface area contributed by atoms with Gasteiger partial charge in [-0.25, -0.2) is 0 Å². The number of nitrogens with one attached hydrogen (secondary N) is 1. The highest BCUT2D eigenvalue weighted by Crippen LogP contribution is 2.14. The Morgan fingerprint density at radius 3 is 1.25 bits per heavy atom. The van der Waals surface area contributed by atoms with Crippen molar-refractivity contribution in [3.8, 4) is 0 Å². The lowest BCUT2D eigenvalue weighted by molar-refractivity contribution is -0.130. The smallest absolute Gasteiger partial charge is 0.267 e. The number of hydrogen-bond acceptors (Lipinski definition) is 5. The molecule has 0 aromatic rings. The monoisotopic (exact) mass is 768 g/mol. The predicted molar refractivity (Wildman–Crippen MR) is 227 cm³/mol. The minimum atomic E-state index is -4.45. The van der Waals surface area contributed by atoms with E-state index < -0.39 is 40.0 Å². The zero-order chi connectivity index (χ0) is 39.1. The average molecular weight is 768 g/mol. The summed E-state index contributed by atoms with van der Waals surface area (Å²) in [6.07, 6.45) is 47.8. The Hall–Kier alpha value is -1.48. The fourth-order valence-electron chi connectivity index (χ4n) is 6.70. The molecular formula is C45H85NO6S. The predicted octanol–water partition coefficient (Wildman–Crippen LogP) is 12.3. The minimum Gasteiger partial charge on any atom is -0.387 e. The third-order valence-corrected chi connectivity index (χ3v) is 10.9. The van der Waals surface area contributed by atoms with Crippen LogP contribution in [0.5, 0.6) is 0 Å². The molecule has 0 heterocycles. The van der Waals surface area contributed by atoms with Crippen LogP contribution < -0.4 is 5.32 Å². The van der Waals surface area contributed by atoms with E-state index >= 15 is 0 Å². The van der Waals surface area contributed by atoms with Crippen LogP contribution in [0.1, 0.15) is 219 Å². The van der Waals surface area contributed by atoms with Gasteiger partial charge in [-0.1, -0.05) is 198 Å². The van der Waals surface area contributed by atoms with Crippen LogP contribution in [0.15, 0.2) is 36.5 Å². The molecular weight excluding hydrogens is 683 g/mol. The van der Waals surface area contributed by atoms with Crippen molar-refractivity contribution in [3.05, 3.63) is 36.5 Å². The first-order valence-electron chi connectivity index (χ1n) is 22.3. The topological polar surface area (TPSA) is 124 Å². The Labute approximate surface area is 328 Å². The summed E-state index contributed by atoms with van der Waals surface area (Å²) >= 11 is 0. The van der Waals surface area contributed by atoms with Crippen molar-refractivity contribution >= 4 is 16.0 Å². The molecule has 312 valence electrons. The Morgan fingerprint density at radius 2 is 0.849 bits per heavy atom. The number of rotatable bonds is 40. The van der Waals surface area contributed by atoms with Crippen LogP contribution in [0.4, 0.5) is 0 Å². The fourth-order valence-corrected chi connectivity index (χ4v) is 7.44. The van der Waals surface area contributed by atoms with Gasteiger partial charge in [0.15, 0.2) is 0 Å². The van der Waals surface area contributed by atoms with Crippen LogP contribution in [0.2, 0.25) is 0 Å². The summed E-state index contributed by atoms with van der Waals surface area (Å²) in [5.41, 5.74) is 0. The maximum absolute atomic E-state index is 12.6. The molecule has 1 amide bonds. The summed E-state index contributed by atoms with van der Waals surface area (Å²) in [5, 5.41) is 23.4. The minimum absolute atomic E-state index is 0.267. The SMILES string of the molecule is CCCCCCCCCCC/C=C/CC/C=C/C(O)C(CS(=O)(=O)O)NC(=O)C(O)CCCCCCCC/C=C\CCCCCCCCCCCCC. The molecule has 0 radical (unpaired) electrons. The van der Waals surface area contributed by atoms with Gasteiger partial charge in [0.1, 0.15) is 6.10 Å². The second-order valence-electron chi connectivity index (χ2n) is 15.5. The van der Waals surface area contributed by atoms with Gasteiger partial charge < -0.3 is 15.5 Å². The van der Waals surface area contributed by atoms with Crippen molar-refractivity contribution < 1.29 is 28.0 Å². The molecule has 4 N–H and O–H groups in total. The maximum Gasteiger partial charge on any atom is 0.267 e. The first-order valence-corrected chi connectivity index (χ1v) is 23.9. The number of carbonyl (C=O) groups excluding carboxylic acids is 1. The highest BCUT2D eigenvalue weighted by molar-refractivity contribution is 7.85. The lowest BCUT2D eigenvalue weighted by Gasteiger charge is -2.22. The molecule has 7 nitrogen and oxygen atoms in total. The van der Waals surface area contributed by atoms with Crippen LogP contribution in [0.25, 0.3) is 0 Å². The van der Waals surface area contributed by atoms with E-state index in [0.29, 0.717) is 12.8 Å². The van der Waals surface area contributed by atoms with Crippen LogP contribution in [0, 0.1) is 0 Å². The van der Waals surface area contributed by atoms with Crippen molar-refractivity contribution in [2.24, 2.45) is 0 Å². The zero-order valence-corrected chi connectivity index (χ0v) is 35.3. The summed E-state index contributed by atoms with van der Waals surface area (Å²) in [6, 6.07) is -1.25. The number of unbranched alkanes of at least 4 members (excludes halogenated alkanes) is 27. The van der Waals surface area contributed by atoms with Gasteiger partial charge in [0, 0.05) is 0 Å². The van der Waals surface area contributed by atoms with Gasteiger partial charge in [0.25, 0.3) is 10.1 Å². The highest BCUT2D eigenvalue weighted by Gasteiger charge is 2.27. The van der Waals surface area contributed by atoms with Crippen molar-refractivity contribution in [2.45, 2.75) is 238 Å². The summed E-state index contributed by atoms with van der Waals surface area (Å²) in [7, 11) is -4.45. The average Bonchev–Trinajstić information content (AvgIpc) is 3.12. The second-order valence-corrected chi connectivity index (χ2v) is 17.0. The summed E-state index contributed by atoms with van der Waals surface area (Å²) in [4.78, 5) is 12.6. The molecule has 53 heavy (non-hydrogen) atoms. The van der Waals surface area contributed by atoms with E-state index in [2.05, 4.69) is 43.5 Å². The molecule has 0 aliphatic rings. The van der Waals surface area contributed by atoms with Crippen molar-refractivity contribution in [2.75, 3.05) is 5.75 Å². The zero-order valence-electron chi connectivity index (χ0n) is 34.5. The lowest BCUT2D eigenvalue weighted by atomic mass is 10.0. The third-order valence-electron chi connectivity index (χ3n) is 10.1. The van der Waals surface area contributed by atoms with Crippen LogP contribution in [0.3, 0.4) is 0 Å². The van der Waals surface area contributed by atoms with Crippen molar-refractivity contribution in [3.63, 3.8) is 0 Å². The van der Waals surface area contributed by atoms with Gasteiger partial charge in [0.2, 0.25) is 5.91 Å². The number of allylic oxidation sites excluding steroid dienone is 5. The molecule has 0 aliphatic carbocycles. The molecule has 0 spiro atoms. The summed E-state index contributed by atoms with van der Waals surface area (Å²) in [6.45, 7) is 4.52. The number of carbonyl (C=O) groups is 1. The summed E-state index contributed by atoms with van der Waals surface area (Å²) in [5.74, 6) is -1.56. The van der Waals surface area contributed by atoms with E-state index in [1.54, 1.807) is 6.08 Å². The Balaban J connectivity index is 4.01.